The summed E-state index contributed by atoms with van der Waals surface area (Å²) < 4.78 is 0. The molecule has 1 aromatic carbocycles. The van der Waals surface area contributed by atoms with Crippen molar-refractivity contribution in [3.05, 3.63) is 30.3 Å². The maximum absolute atomic E-state index is 12.0. The number of nitrogens with two attached hydrogens (primary N) is 1. The molecule has 5 nitrogen and oxygen atoms in total. The van der Waals surface area contributed by atoms with Gasteiger partial charge in [0.25, 0.3) is 0 Å². The van der Waals surface area contributed by atoms with E-state index in [9.17, 15) is 9.59 Å². The van der Waals surface area contributed by atoms with E-state index in [0.29, 0.717) is 13.0 Å². The van der Waals surface area contributed by atoms with Crippen LogP contribution in [0.2, 0.25) is 0 Å². The number of benzene rings is 1. The highest BCUT2D eigenvalue weighted by Gasteiger charge is 2.32. The molecule has 1 aliphatic rings. The number of rotatable bonds is 4. The molecule has 6 heteroatoms. The third-order valence-electron chi connectivity index (χ3n) is 3.12. The van der Waals surface area contributed by atoms with Crippen LogP contribution in [0, 0.1) is 0 Å². The molecule has 19 heavy (non-hydrogen) atoms. The predicted octanol–water partition coefficient (Wildman–Crippen LogP) is 0.997. The first-order valence-electron chi connectivity index (χ1n) is 6.06. The van der Waals surface area contributed by atoms with Crippen molar-refractivity contribution in [1.82, 2.24) is 4.90 Å². The average molecular weight is 284 g/mol. The molecule has 0 aromatic heterocycles. The highest BCUT2D eigenvalue weighted by molar-refractivity contribution is 5.89. The van der Waals surface area contributed by atoms with E-state index in [2.05, 4.69) is 5.32 Å². The van der Waals surface area contributed by atoms with E-state index in [0.717, 1.165) is 12.1 Å². The summed E-state index contributed by atoms with van der Waals surface area (Å²) in [7, 11) is 0. The Balaban J connectivity index is 0.00000180. The van der Waals surface area contributed by atoms with Crippen LogP contribution in [0.3, 0.4) is 0 Å². The van der Waals surface area contributed by atoms with Crippen LogP contribution in [0.4, 0.5) is 5.69 Å². The number of hydrogen-bond acceptors (Lipinski definition) is 3. The highest BCUT2D eigenvalue weighted by atomic mass is 35.5. The summed E-state index contributed by atoms with van der Waals surface area (Å²) >= 11 is 0. The van der Waals surface area contributed by atoms with Crippen molar-refractivity contribution in [2.45, 2.75) is 18.9 Å². The van der Waals surface area contributed by atoms with Crippen LogP contribution in [0.5, 0.6) is 0 Å². The Hall–Kier alpha value is -1.75. The number of carbonyl (C=O) groups excluding carboxylic acids is 2. The molecule has 1 heterocycles. The fourth-order valence-corrected chi connectivity index (χ4v) is 2.20. The van der Waals surface area contributed by atoms with Crippen LogP contribution < -0.4 is 11.1 Å². The van der Waals surface area contributed by atoms with Gasteiger partial charge in [0.1, 0.15) is 6.04 Å². The number of primary amides is 1. The summed E-state index contributed by atoms with van der Waals surface area (Å²) in [5.41, 5.74) is 6.17. The number of hydrogen-bond donors (Lipinski definition) is 2. The lowest BCUT2D eigenvalue weighted by Gasteiger charge is -2.22. The molecular formula is C13H18ClN3O2. The second kappa shape index (κ2) is 6.99. The summed E-state index contributed by atoms with van der Waals surface area (Å²) in [6.45, 7) is 0.802. The van der Waals surface area contributed by atoms with Crippen molar-refractivity contribution in [2.24, 2.45) is 5.73 Å². The molecule has 0 saturated carbocycles. The number of nitrogens with one attached hydrogen (secondary N) is 1. The molecule has 0 spiro atoms. The molecule has 0 aliphatic carbocycles. The maximum atomic E-state index is 12.0. The maximum Gasteiger partial charge on any atom is 0.242 e. The minimum Gasteiger partial charge on any atom is -0.376 e. The van der Waals surface area contributed by atoms with Gasteiger partial charge in [0.05, 0.1) is 6.54 Å². The van der Waals surface area contributed by atoms with E-state index in [-0.39, 0.29) is 24.9 Å². The van der Waals surface area contributed by atoms with E-state index in [1.54, 1.807) is 4.90 Å². The zero-order valence-electron chi connectivity index (χ0n) is 10.5. The minimum absolute atomic E-state index is 0. The summed E-state index contributed by atoms with van der Waals surface area (Å²) in [6, 6.07) is 9.06. The van der Waals surface area contributed by atoms with Gasteiger partial charge in [-0.05, 0) is 25.0 Å². The van der Waals surface area contributed by atoms with Crippen LogP contribution >= 0.6 is 12.4 Å². The van der Waals surface area contributed by atoms with Gasteiger partial charge in [-0.2, -0.15) is 0 Å². The Morgan fingerprint density at radius 1 is 1.32 bits per heavy atom. The number of nitrogens with zero attached hydrogens (tertiary/aromatic N) is 1. The third-order valence-corrected chi connectivity index (χ3v) is 3.12. The highest BCUT2D eigenvalue weighted by Crippen LogP contribution is 2.17. The molecule has 2 rings (SSSR count). The topological polar surface area (TPSA) is 75.4 Å². The van der Waals surface area contributed by atoms with Gasteiger partial charge < -0.3 is 16.0 Å². The number of amides is 2. The van der Waals surface area contributed by atoms with Crippen molar-refractivity contribution in [3.8, 4) is 0 Å². The molecular weight excluding hydrogens is 266 g/mol. The number of likely N-dealkylation sites (tertiary alicyclic amines) is 1. The van der Waals surface area contributed by atoms with Crippen molar-refractivity contribution < 1.29 is 9.59 Å². The second-order valence-electron chi connectivity index (χ2n) is 4.37. The second-order valence-corrected chi connectivity index (χ2v) is 4.37. The van der Waals surface area contributed by atoms with E-state index in [4.69, 9.17) is 5.73 Å². The first kappa shape index (κ1) is 15.3. The number of halogens is 1. The van der Waals surface area contributed by atoms with Crippen LogP contribution in [-0.2, 0) is 9.59 Å². The average Bonchev–Trinajstić information content (AvgIpc) is 2.86. The quantitative estimate of drug-likeness (QED) is 0.865. The van der Waals surface area contributed by atoms with Gasteiger partial charge in [-0.25, -0.2) is 0 Å². The third kappa shape index (κ3) is 3.86. The lowest BCUT2D eigenvalue weighted by Crippen LogP contribution is -2.45. The Bertz CT molecular complexity index is 439. The number of para-hydroxylation sites is 1. The van der Waals surface area contributed by atoms with Gasteiger partial charge in [0, 0.05) is 12.2 Å². The zero-order chi connectivity index (χ0) is 13.0. The molecule has 0 bridgehead atoms. The predicted molar refractivity (Wildman–Crippen MR) is 76.1 cm³/mol. The minimum atomic E-state index is -0.435. The number of anilines is 1. The molecule has 1 unspecified atom stereocenters. The van der Waals surface area contributed by atoms with Crippen LogP contribution in [-0.4, -0.2) is 35.8 Å². The first-order chi connectivity index (χ1) is 8.68. The zero-order valence-corrected chi connectivity index (χ0v) is 11.4. The number of carbonyl (C=O) groups is 2. The Kier molecular flexibility index (Phi) is 5.63. The lowest BCUT2D eigenvalue weighted by atomic mass is 10.2. The molecule has 1 saturated heterocycles. The Morgan fingerprint density at radius 3 is 2.63 bits per heavy atom. The lowest BCUT2D eigenvalue weighted by molar-refractivity contribution is -0.135. The van der Waals surface area contributed by atoms with Crippen LogP contribution in [0.25, 0.3) is 0 Å². The normalized spacial score (nSPS) is 17.7. The summed E-state index contributed by atoms with van der Waals surface area (Å²) in [5.74, 6) is -0.499. The molecule has 0 radical (unpaired) electrons. The fourth-order valence-electron chi connectivity index (χ4n) is 2.20. The molecule has 3 N–H and O–H groups in total. The van der Waals surface area contributed by atoms with Gasteiger partial charge >= 0.3 is 0 Å². The monoisotopic (exact) mass is 283 g/mol. The Labute approximate surface area is 118 Å². The van der Waals surface area contributed by atoms with Gasteiger partial charge in [-0.1, -0.05) is 18.2 Å². The van der Waals surface area contributed by atoms with E-state index < -0.39 is 11.9 Å². The van der Waals surface area contributed by atoms with Gasteiger partial charge in [0.15, 0.2) is 0 Å². The molecule has 1 aliphatic heterocycles. The molecule has 2 amide bonds. The molecule has 1 atom stereocenters. The van der Waals surface area contributed by atoms with Gasteiger partial charge in [0.2, 0.25) is 11.8 Å². The van der Waals surface area contributed by atoms with Crippen molar-refractivity contribution >= 4 is 29.9 Å². The summed E-state index contributed by atoms with van der Waals surface area (Å²) in [6.07, 6.45) is 1.51. The van der Waals surface area contributed by atoms with Gasteiger partial charge in [-0.15, -0.1) is 12.4 Å². The Morgan fingerprint density at radius 2 is 2.00 bits per heavy atom. The van der Waals surface area contributed by atoms with Crippen LogP contribution in [0.15, 0.2) is 30.3 Å². The fraction of sp³-hybridized carbons (Fsp3) is 0.385. The standard InChI is InChI=1S/C13H17N3O2.ClH/c14-13(18)11-7-4-8-16(11)12(17)9-15-10-5-2-1-3-6-10;/h1-3,5-6,11,15H,4,7-9H2,(H2,14,18);1H. The van der Waals surface area contributed by atoms with Crippen molar-refractivity contribution in [1.29, 1.82) is 0 Å². The SMILES string of the molecule is Cl.NC(=O)C1CCCN1C(=O)CNc1ccccc1. The van der Waals surface area contributed by atoms with E-state index in [1.165, 1.54) is 0 Å². The van der Waals surface area contributed by atoms with E-state index >= 15 is 0 Å². The van der Waals surface area contributed by atoms with Crippen LogP contribution in [0.1, 0.15) is 12.8 Å². The smallest absolute Gasteiger partial charge is 0.242 e. The molecule has 1 aromatic rings. The summed E-state index contributed by atoms with van der Waals surface area (Å²) in [5, 5.41) is 3.04. The summed E-state index contributed by atoms with van der Waals surface area (Å²) in [4.78, 5) is 24.8. The van der Waals surface area contributed by atoms with Crippen molar-refractivity contribution in [3.63, 3.8) is 0 Å². The largest absolute Gasteiger partial charge is 0.376 e. The molecule has 1 fully saturated rings. The first-order valence-corrected chi connectivity index (χ1v) is 6.06. The van der Waals surface area contributed by atoms with E-state index in [1.807, 2.05) is 30.3 Å². The van der Waals surface area contributed by atoms with Crippen molar-refractivity contribution in [2.75, 3.05) is 18.4 Å². The molecule has 104 valence electrons. The van der Waals surface area contributed by atoms with Gasteiger partial charge in [-0.3, -0.25) is 9.59 Å².